The van der Waals surface area contributed by atoms with Gasteiger partial charge >= 0.3 is 0 Å². The Bertz CT molecular complexity index is 273. The van der Waals surface area contributed by atoms with Crippen LogP contribution in [0.3, 0.4) is 0 Å². The van der Waals surface area contributed by atoms with Gasteiger partial charge in [-0.3, -0.25) is 0 Å². The van der Waals surface area contributed by atoms with Gasteiger partial charge in [0.1, 0.15) is 0 Å². The molecule has 0 bridgehead atoms. The molecule has 1 aliphatic rings. The van der Waals surface area contributed by atoms with E-state index in [2.05, 4.69) is 5.92 Å². The fraction of sp³-hybridized carbons (Fsp3) is 0.714. The summed E-state index contributed by atoms with van der Waals surface area (Å²) >= 11 is 0. The van der Waals surface area contributed by atoms with E-state index >= 15 is 0 Å². The lowest BCUT2D eigenvalue weighted by atomic mass is 9.99. The highest BCUT2D eigenvalue weighted by Crippen LogP contribution is 2.30. The molecule has 0 aromatic rings. The predicted molar refractivity (Wildman–Crippen MR) is 47.7 cm³/mol. The van der Waals surface area contributed by atoms with Gasteiger partial charge in [0.05, 0.1) is 5.75 Å². The van der Waals surface area contributed by atoms with Gasteiger partial charge in [-0.15, -0.1) is 12.3 Å². The van der Waals surface area contributed by atoms with E-state index in [-0.39, 0.29) is 17.6 Å². The minimum absolute atomic E-state index is 0.117. The molecule has 1 aliphatic heterocycles. The Morgan fingerprint density at radius 1 is 1.64 bits per heavy atom. The molecule has 0 spiro atoms. The van der Waals surface area contributed by atoms with Gasteiger partial charge in [-0.2, -0.15) is 0 Å². The zero-order valence-corrected chi connectivity index (χ0v) is 7.91. The lowest BCUT2D eigenvalue weighted by molar-refractivity contribution is 0.511. The normalized spacial score (nSPS) is 36.0. The predicted octanol–water partition coefficient (Wildman–Crippen LogP) is 0.949. The molecule has 0 saturated carbocycles. The van der Waals surface area contributed by atoms with E-state index in [1.807, 2.05) is 6.92 Å². The molecular weight excluding hydrogens is 180 g/mol. The van der Waals surface area contributed by atoms with Crippen molar-refractivity contribution in [3.63, 3.8) is 0 Å². The van der Waals surface area contributed by atoms with Crippen molar-refractivity contribution in [2.24, 2.45) is 11.8 Å². The molecular formula is C7H10O2S2. The molecule has 0 N–H and O–H groups in total. The highest BCUT2D eigenvalue weighted by molar-refractivity contribution is 8.72. The average molecular weight is 190 g/mol. The quantitative estimate of drug-likeness (QED) is 0.421. The number of hydrogen-bond donors (Lipinski definition) is 0. The summed E-state index contributed by atoms with van der Waals surface area (Å²) in [5.74, 6) is 3.64. The standard InChI is InChI=1S/C7H10O2S2/c1-3-7-4-10-11(8,9)5-6(7)2/h1,6-7H,4-5H2,2H3/t6-,7?/m0/s1. The summed E-state index contributed by atoms with van der Waals surface area (Å²) in [6.07, 6.45) is 5.22. The number of hydrogen-bond acceptors (Lipinski definition) is 3. The van der Waals surface area contributed by atoms with Crippen LogP contribution in [0.15, 0.2) is 0 Å². The lowest BCUT2D eigenvalue weighted by Crippen LogP contribution is -2.26. The molecule has 4 heteroatoms. The maximum Gasteiger partial charge on any atom is 0.201 e. The van der Waals surface area contributed by atoms with Crippen LogP contribution < -0.4 is 0 Å². The summed E-state index contributed by atoms with van der Waals surface area (Å²) < 4.78 is 22.0. The highest BCUT2D eigenvalue weighted by atomic mass is 33.1. The van der Waals surface area contributed by atoms with Crippen molar-refractivity contribution < 1.29 is 8.42 Å². The van der Waals surface area contributed by atoms with Crippen LogP contribution >= 0.6 is 10.8 Å². The van der Waals surface area contributed by atoms with Crippen molar-refractivity contribution in [3.05, 3.63) is 0 Å². The third kappa shape index (κ3) is 2.14. The molecule has 11 heavy (non-hydrogen) atoms. The molecule has 1 rings (SSSR count). The van der Waals surface area contributed by atoms with Crippen molar-refractivity contribution in [2.75, 3.05) is 11.5 Å². The van der Waals surface area contributed by atoms with Crippen molar-refractivity contribution >= 4 is 19.7 Å². The second-order valence-corrected chi connectivity index (χ2v) is 7.01. The van der Waals surface area contributed by atoms with Crippen molar-refractivity contribution in [3.8, 4) is 12.3 Å². The molecule has 1 heterocycles. The van der Waals surface area contributed by atoms with E-state index in [9.17, 15) is 8.42 Å². The average Bonchev–Trinajstić information content (AvgIpc) is 1.86. The largest absolute Gasteiger partial charge is 0.217 e. The first-order valence-electron chi connectivity index (χ1n) is 3.38. The van der Waals surface area contributed by atoms with Crippen molar-refractivity contribution in [2.45, 2.75) is 6.92 Å². The third-order valence-corrected chi connectivity index (χ3v) is 5.48. The number of terminal acetylenes is 1. The van der Waals surface area contributed by atoms with E-state index in [0.29, 0.717) is 5.75 Å². The van der Waals surface area contributed by atoms with Crippen LogP contribution in [0, 0.1) is 24.2 Å². The zero-order chi connectivity index (χ0) is 8.48. The molecule has 0 amide bonds. The minimum Gasteiger partial charge on any atom is -0.217 e. The Labute approximate surface area is 71.1 Å². The van der Waals surface area contributed by atoms with Gasteiger partial charge in [0, 0.05) is 11.7 Å². The van der Waals surface area contributed by atoms with E-state index in [1.54, 1.807) is 0 Å². The SMILES string of the molecule is C#CC1CSS(=O)(=O)C[C@@H]1C. The molecule has 0 radical (unpaired) electrons. The molecule has 1 saturated heterocycles. The van der Waals surface area contributed by atoms with Crippen LogP contribution in [0.4, 0.5) is 0 Å². The maximum absolute atomic E-state index is 11.0. The molecule has 1 fully saturated rings. The highest BCUT2D eigenvalue weighted by Gasteiger charge is 2.29. The Kier molecular flexibility index (Phi) is 2.50. The third-order valence-electron chi connectivity index (χ3n) is 1.80. The molecule has 2 nitrogen and oxygen atoms in total. The van der Waals surface area contributed by atoms with Gasteiger partial charge in [0.25, 0.3) is 0 Å². The summed E-state index contributed by atoms with van der Waals surface area (Å²) in [5, 5.41) is 0. The maximum atomic E-state index is 11.0. The summed E-state index contributed by atoms with van der Waals surface area (Å²) in [6, 6.07) is 0. The van der Waals surface area contributed by atoms with E-state index in [4.69, 9.17) is 6.42 Å². The summed E-state index contributed by atoms with van der Waals surface area (Å²) in [4.78, 5) is 0. The lowest BCUT2D eigenvalue weighted by Gasteiger charge is -2.23. The van der Waals surface area contributed by atoms with Gasteiger partial charge in [-0.05, 0) is 16.7 Å². The van der Waals surface area contributed by atoms with Crippen molar-refractivity contribution in [1.29, 1.82) is 0 Å². The zero-order valence-electron chi connectivity index (χ0n) is 6.28. The van der Waals surface area contributed by atoms with Gasteiger partial charge < -0.3 is 0 Å². The summed E-state index contributed by atoms with van der Waals surface area (Å²) in [6.45, 7) is 1.89. The van der Waals surface area contributed by atoms with Crippen LogP contribution in [0.1, 0.15) is 6.92 Å². The number of rotatable bonds is 0. The van der Waals surface area contributed by atoms with Gasteiger partial charge in [-0.25, -0.2) is 8.42 Å². The Morgan fingerprint density at radius 2 is 2.27 bits per heavy atom. The summed E-state index contributed by atoms with van der Waals surface area (Å²) in [7, 11) is -1.87. The van der Waals surface area contributed by atoms with Gasteiger partial charge in [0.2, 0.25) is 8.87 Å². The smallest absolute Gasteiger partial charge is 0.201 e. The van der Waals surface area contributed by atoms with E-state index in [1.165, 1.54) is 0 Å². The Hall–Kier alpha value is -0.140. The fourth-order valence-corrected chi connectivity index (χ4v) is 4.79. The van der Waals surface area contributed by atoms with Crippen LogP contribution in [-0.2, 0) is 8.87 Å². The second-order valence-electron chi connectivity index (χ2n) is 2.76. The molecule has 62 valence electrons. The summed E-state index contributed by atoms with van der Waals surface area (Å²) in [5.41, 5.74) is 0. The monoisotopic (exact) mass is 190 g/mol. The first-order valence-corrected chi connectivity index (χ1v) is 6.54. The Morgan fingerprint density at radius 3 is 2.73 bits per heavy atom. The van der Waals surface area contributed by atoms with E-state index in [0.717, 1.165) is 10.8 Å². The minimum atomic E-state index is -2.85. The van der Waals surface area contributed by atoms with E-state index < -0.39 is 8.87 Å². The molecule has 0 aromatic carbocycles. The van der Waals surface area contributed by atoms with Gasteiger partial charge in [-0.1, -0.05) is 6.92 Å². The Balaban J connectivity index is 2.71. The van der Waals surface area contributed by atoms with Crippen LogP contribution in [0.2, 0.25) is 0 Å². The first kappa shape index (κ1) is 8.95. The first-order chi connectivity index (χ1) is 5.05. The van der Waals surface area contributed by atoms with Crippen LogP contribution in [0.25, 0.3) is 0 Å². The molecule has 0 aliphatic carbocycles. The molecule has 2 atom stereocenters. The van der Waals surface area contributed by atoms with Crippen LogP contribution in [0.5, 0.6) is 0 Å². The van der Waals surface area contributed by atoms with Gasteiger partial charge in [0.15, 0.2) is 0 Å². The molecule has 1 unspecified atom stereocenters. The fourth-order valence-electron chi connectivity index (χ4n) is 1.04. The van der Waals surface area contributed by atoms with Crippen LogP contribution in [-0.4, -0.2) is 19.9 Å². The molecule has 0 aromatic heterocycles. The second kappa shape index (κ2) is 3.08. The topological polar surface area (TPSA) is 34.1 Å². The van der Waals surface area contributed by atoms with Crippen molar-refractivity contribution in [1.82, 2.24) is 0 Å².